The highest BCUT2D eigenvalue weighted by atomic mass is 16.5. The van der Waals surface area contributed by atoms with Gasteiger partial charge in [-0.3, -0.25) is 0 Å². The average Bonchev–Trinajstić information content (AvgIpc) is 2.21. The molecule has 0 rings (SSSR count). The first-order valence-electron chi connectivity index (χ1n) is 4.96. The molecule has 0 aromatic heterocycles. The van der Waals surface area contributed by atoms with Gasteiger partial charge in [0.1, 0.15) is 0 Å². The number of ether oxygens (including phenoxy) is 3. The second-order valence-corrected chi connectivity index (χ2v) is 2.70. The lowest BCUT2D eigenvalue weighted by atomic mass is 10.5. The van der Waals surface area contributed by atoms with Crippen LogP contribution in [0.2, 0.25) is 0 Å². The number of nitrogens with two attached hydrogens (primary N) is 1. The van der Waals surface area contributed by atoms with Crippen LogP contribution in [0.25, 0.3) is 0 Å². The minimum atomic E-state index is 0.174. The van der Waals surface area contributed by atoms with Crippen molar-refractivity contribution in [2.24, 2.45) is 5.73 Å². The van der Waals surface area contributed by atoms with Crippen molar-refractivity contribution < 1.29 is 19.3 Å². The minimum Gasteiger partial charge on any atom is -0.396 e. The van der Waals surface area contributed by atoms with Gasteiger partial charge in [-0.2, -0.15) is 0 Å². The molecule has 0 radical (unpaired) electrons. The van der Waals surface area contributed by atoms with E-state index < -0.39 is 0 Å². The molecule has 0 heterocycles. The Balaban J connectivity index is 2.78. The highest BCUT2D eigenvalue weighted by Crippen LogP contribution is 1.83. The Kier molecular flexibility index (Phi) is 12.6. The minimum absolute atomic E-state index is 0.174. The van der Waals surface area contributed by atoms with Crippen molar-refractivity contribution in [3.05, 3.63) is 0 Å². The van der Waals surface area contributed by atoms with Crippen molar-refractivity contribution in [1.29, 1.82) is 0 Å². The van der Waals surface area contributed by atoms with Crippen molar-refractivity contribution in [2.75, 3.05) is 52.8 Å². The van der Waals surface area contributed by atoms with E-state index in [0.29, 0.717) is 52.6 Å². The highest BCUT2D eigenvalue weighted by Gasteiger charge is 1.90. The van der Waals surface area contributed by atoms with Crippen LogP contribution in [0.5, 0.6) is 0 Å². The molecule has 0 bridgehead atoms. The predicted molar refractivity (Wildman–Crippen MR) is 53.2 cm³/mol. The summed E-state index contributed by atoms with van der Waals surface area (Å²) in [7, 11) is 0. The third-order valence-corrected chi connectivity index (χ3v) is 1.45. The molecule has 0 saturated carbocycles. The van der Waals surface area contributed by atoms with Gasteiger partial charge < -0.3 is 25.1 Å². The van der Waals surface area contributed by atoms with Crippen LogP contribution in [-0.4, -0.2) is 57.9 Å². The van der Waals surface area contributed by atoms with Gasteiger partial charge in [0.05, 0.1) is 33.0 Å². The first-order valence-corrected chi connectivity index (χ1v) is 4.96. The predicted octanol–water partition coefficient (Wildman–Crippen LogP) is -0.623. The normalized spacial score (nSPS) is 10.7. The van der Waals surface area contributed by atoms with E-state index in [0.717, 1.165) is 0 Å². The molecule has 0 atom stereocenters. The largest absolute Gasteiger partial charge is 0.396 e. The van der Waals surface area contributed by atoms with Gasteiger partial charge in [0.15, 0.2) is 0 Å². The van der Waals surface area contributed by atoms with E-state index in [1.807, 2.05) is 0 Å². The maximum Gasteiger partial charge on any atom is 0.0701 e. The lowest BCUT2D eigenvalue weighted by Crippen LogP contribution is -2.13. The van der Waals surface area contributed by atoms with Crippen molar-refractivity contribution >= 4 is 0 Å². The van der Waals surface area contributed by atoms with Crippen LogP contribution < -0.4 is 5.73 Å². The standard InChI is InChI=1S/C9H21NO4/c10-2-5-13-7-9-14-8-6-12-4-1-3-11/h11H,1-10H2. The molecule has 3 N–H and O–H groups in total. The zero-order valence-corrected chi connectivity index (χ0v) is 8.61. The van der Waals surface area contributed by atoms with Crippen LogP contribution in [-0.2, 0) is 14.2 Å². The van der Waals surface area contributed by atoms with Gasteiger partial charge in [0.25, 0.3) is 0 Å². The SMILES string of the molecule is NCCOCCOCCOCCCO. The van der Waals surface area contributed by atoms with E-state index in [-0.39, 0.29) is 6.61 Å². The summed E-state index contributed by atoms with van der Waals surface area (Å²) >= 11 is 0. The Morgan fingerprint density at radius 1 is 0.786 bits per heavy atom. The van der Waals surface area contributed by atoms with Gasteiger partial charge in [0, 0.05) is 19.8 Å². The average molecular weight is 207 g/mol. The summed E-state index contributed by atoms with van der Waals surface area (Å²) in [4.78, 5) is 0. The number of rotatable bonds is 11. The second-order valence-electron chi connectivity index (χ2n) is 2.70. The van der Waals surface area contributed by atoms with E-state index in [2.05, 4.69) is 0 Å². The van der Waals surface area contributed by atoms with Gasteiger partial charge in [-0.05, 0) is 6.42 Å². The fourth-order valence-electron chi connectivity index (χ4n) is 0.792. The van der Waals surface area contributed by atoms with E-state index in [1.165, 1.54) is 0 Å². The fraction of sp³-hybridized carbons (Fsp3) is 1.00. The van der Waals surface area contributed by atoms with E-state index >= 15 is 0 Å². The van der Waals surface area contributed by atoms with Crippen molar-refractivity contribution in [1.82, 2.24) is 0 Å². The second kappa shape index (κ2) is 12.8. The quantitative estimate of drug-likeness (QED) is 0.442. The van der Waals surface area contributed by atoms with E-state index in [9.17, 15) is 0 Å². The summed E-state index contributed by atoms with van der Waals surface area (Å²) in [5, 5.41) is 8.45. The lowest BCUT2D eigenvalue weighted by Gasteiger charge is -2.05. The van der Waals surface area contributed by atoms with Gasteiger partial charge >= 0.3 is 0 Å². The summed E-state index contributed by atoms with van der Waals surface area (Å²) < 4.78 is 15.5. The highest BCUT2D eigenvalue weighted by molar-refractivity contribution is 4.35. The van der Waals surface area contributed by atoms with Crippen LogP contribution >= 0.6 is 0 Å². The molecule has 0 amide bonds. The van der Waals surface area contributed by atoms with Crippen LogP contribution in [0.15, 0.2) is 0 Å². The van der Waals surface area contributed by atoms with Gasteiger partial charge in [-0.25, -0.2) is 0 Å². The monoisotopic (exact) mass is 207 g/mol. The maximum absolute atomic E-state index is 8.45. The first kappa shape index (κ1) is 13.8. The third-order valence-electron chi connectivity index (χ3n) is 1.45. The lowest BCUT2D eigenvalue weighted by molar-refractivity contribution is 0.0137. The molecule has 0 aliphatic heterocycles. The molecule has 0 fully saturated rings. The maximum atomic E-state index is 8.45. The first-order chi connectivity index (χ1) is 6.91. The zero-order valence-electron chi connectivity index (χ0n) is 8.61. The molecule has 0 unspecified atom stereocenters. The number of hydrogen-bond donors (Lipinski definition) is 2. The number of hydrogen-bond acceptors (Lipinski definition) is 5. The van der Waals surface area contributed by atoms with E-state index in [4.69, 9.17) is 25.1 Å². The Morgan fingerprint density at radius 3 is 1.79 bits per heavy atom. The Morgan fingerprint density at radius 2 is 1.29 bits per heavy atom. The molecule has 0 aromatic carbocycles. The molecule has 5 heteroatoms. The molecule has 5 nitrogen and oxygen atoms in total. The molecule has 0 aromatic rings. The number of aliphatic hydroxyl groups excluding tert-OH is 1. The molecule has 0 aliphatic carbocycles. The molecule has 14 heavy (non-hydrogen) atoms. The summed E-state index contributed by atoms with van der Waals surface area (Å²) in [5.41, 5.74) is 5.23. The Hall–Kier alpha value is -0.200. The molecule has 0 aliphatic rings. The van der Waals surface area contributed by atoms with Crippen molar-refractivity contribution in [3.8, 4) is 0 Å². The Labute approximate surface area is 85.1 Å². The van der Waals surface area contributed by atoms with E-state index in [1.54, 1.807) is 0 Å². The molecular weight excluding hydrogens is 186 g/mol. The molecule has 0 spiro atoms. The summed E-state index contributed by atoms with van der Waals surface area (Å²) in [5.74, 6) is 0. The van der Waals surface area contributed by atoms with Crippen LogP contribution in [0.1, 0.15) is 6.42 Å². The summed E-state index contributed by atoms with van der Waals surface area (Å²) in [6, 6.07) is 0. The van der Waals surface area contributed by atoms with Crippen LogP contribution in [0.4, 0.5) is 0 Å². The fourth-order valence-corrected chi connectivity index (χ4v) is 0.792. The van der Waals surface area contributed by atoms with Gasteiger partial charge in [-0.15, -0.1) is 0 Å². The van der Waals surface area contributed by atoms with Crippen molar-refractivity contribution in [3.63, 3.8) is 0 Å². The molecule has 0 saturated heterocycles. The van der Waals surface area contributed by atoms with Crippen molar-refractivity contribution in [2.45, 2.75) is 6.42 Å². The number of aliphatic hydroxyl groups is 1. The Bertz CT molecular complexity index is 90.8. The summed E-state index contributed by atoms with van der Waals surface area (Å²) in [6.07, 6.45) is 0.680. The van der Waals surface area contributed by atoms with Gasteiger partial charge in [0.2, 0.25) is 0 Å². The molecular formula is C9H21NO4. The zero-order chi connectivity index (χ0) is 10.5. The smallest absolute Gasteiger partial charge is 0.0701 e. The van der Waals surface area contributed by atoms with Gasteiger partial charge in [-0.1, -0.05) is 0 Å². The van der Waals surface area contributed by atoms with Crippen LogP contribution in [0.3, 0.4) is 0 Å². The molecule has 86 valence electrons. The third kappa shape index (κ3) is 11.8. The topological polar surface area (TPSA) is 73.9 Å². The van der Waals surface area contributed by atoms with Crippen LogP contribution in [0, 0.1) is 0 Å². The summed E-state index contributed by atoms with van der Waals surface area (Å²) in [6.45, 7) is 4.17.